The Balaban J connectivity index is 2.63. The van der Waals surface area contributed by atoms with Gasteiger partial charge in [-0.05, 0) is 31.7 Å². The van der Waals surface area contributed by atoms with Crippen LogP contribution in [0, 0.1) is 5.92 Å². The molecule has 1 heteroatoms. The van der Waals surface area contributed by atoms with Gasteiger partial charge in [0, 0.05) is 5.54 Å². The van der Waals surface area contributed by atoms with Gasteiger partial charge in [0.05, 0.1) is 0 Å². The third-order valence-corrected chi connectivity index (χ3v) is 3.51. The lowest BCUT2D eigenvalue weighted by Gasteiger charge is -2.33. The van der Waals surface area contributed by atoms with Gasteiger partial charge in [-0.2, -0.15) is 0 Å². The molecule has 1 atom stereocenters. The molecule has 0 saturated carbocycles. The van der Waals surface area contributed by atoms with Gasteiger partial charge in [0.2, 0.25) is 0 Å². The fraction of sp³-hybridized carbons (Fsp3) is 1.00. The van der Waals surface area contributed by atoms with Crippen molar-refractivity contribution in [3.8, 4) is 0 Å². The van der Waals surface area contributed by atoms with Gasteiger partial charge in [-0.3, -0.25) is 0 Å². The molecule has 1 saturated heterocycles. The van der Waals surface area contributed by atoms with Crippen molar-refractivity contribution < 1.29 is 0 Å². The summed E-state index contributed by atoms with van der Waals surface area (Å²) in [4.78, 5) is 0. The van der Waals surface area contributed by atoms with Gasteiger partial charge >= 0.3 is 0 Å². The van der Waals surface area contributed by atoms with E-state index in [0.29, 0.717) is 5.54 Å². The highest BCUT2D eigenvalue weighted by atomic mass is 15.0. The lowest BCUT2D eigenvalue weighted by Crippen LogP contribution is -2.43. The molecule has 0 amide bonds. The highest BCUT2D eigenvalue weighted by Gasteiger charge is 2.37. The van der Waals surface area contributed by atoms with Crippen LogP contribution in [0.3, 0.4) is 0 Å². The van der Waals surface area contributed by atoms with Gasteiger partial charge in [-0.1, -0.05) is 27.2 Å². The van der Waals surface area contributed by atoms with E-state index in [1.54, 1.807) is 0 Å². The molecule has 0 bridgehead atoms. The summed E-state index contributed by atoms with van der Waals surface area (Å²) in [5.41, 5.74) is 0.495. The van der Waals surface area contributed by atoms with Crippen molar-refractivity contribution in [1.29, 1.82) is 0 Å². The average molecular weight is 155 g/mol. The summed E-state index contributed by atoms with van der Waals surface area (Å²) >= 11 is 0. The van der Waals surface area contributed by atoms with Crippen molar-refractivity contribution in [2.75, 3.05) is 6.54 Å². The van der Waals surface area contributed by atoms with Crippen molar-refractivity contribution >= 4 is 0 Å². The first-order chi connectivity index (χ1) is 5.29. The molecule has 1 rings (SSSR count). The van der Waals surface area contributed by atoms with Crippen LogP contribution in [-0.4, -0.2) is 12.1 Å². The van der Waals surface area contributed by atoms with E-state index >= 15 is 0 Å². The van der Waals surface area contributed by atoms with Crippen LogP contribution in [0.2, 0.25) is 0 Å². The van der Waals surface area contributed by atoms with Crippen LogP contribution in [0.5, 0.6) is 0 Å². The zero-order valence-corrected chi connectivity index (χ0v) is 8.11. The number of rotatable bonds is 3. The molecule has 1 fully saturated rings. The molecular weight excluding hydrogens is 134 g/mol. The summed E-state index contributed by atoms with van der Waals surface area (Å²) in [6.07, 6.45) is 5.32. The van der Waals surface area contributed by atoms with Crippen LogP contribution in [-0.2, 0) is 0 Å². The lowest BCUT2D eigenvalue weighted by molar-refractivity contribution is 0.250. The van der Waals surface area contributed by atoms with E-state index in [1.165, 1.54) is 32.2 Å². The van der Waals surface area contributed by atoms with Crippen molar-refractivity contribution in [2.24, 2.45) is 5.92 Å². The van der Waals surface area contributed by atoms with E-state index in [2.05, 4.69) is 26.1 Å². The molecule has 0 aromatic rings. The molecule has 1 aliphatic rings. The summed E-state index contributed by atoms with van der Waals surface area (Å²) in [5.74, 6) is 0.928. The van der Waals surface area contributed by atoms with Crippen LogP contribution < -0.4 is 5.32 Å². The standard InChI is InChI=1S/C10H21N/c1-4-9-7-8-11-10(9,5-2)6-3/h9,11H,4-8H2,1-3H3. The first-order valence-corrected chi connectivity index (χ1v) is 5.04. The smallest absolute Gasteiger partial charge is 0.0204 e. The maximum atomic E-state index is 3.67. The molecule has 1 heterocycles. The Labute approximate surface area is 70.6 Å². The second kappa shape index (κ2) is 3.57. The minimum Gasteiger partial charge on any atom is -0.311 e. The summed E-state index contributed by atoms with van der Waals surface area (Å²) in [6, 6.07) is 0. The van der Waals surface area contributed by atoms with Gasteiger partial charge in [0.25, 0.3) is 0 Å². The maximum absolute atomic E-state index is 3.67. The molecule has 1 nitrogen and oxygen atoms in total. The first kappa shape index (κ1) is 9.05. The summed E-state index contributed by atoms with van der Waals surface area (Å²) < 4.78 is 0. The predicted octanol–water partition coefficient (Wildman–Crippen LogP) is 2.56. The van der Waals surface area contributed by atoms with E-state index < -0.39 is 0 Å². The molecular formula is C10H21N. The Bertz CT molecular complexity index is 116. The van der Waals surface area contributed by atoms with Gasteiger partial charge in [0.15, 0.2) is 0 Å². The van der Waals surface area contributed by atoms with E-state index in [9.17, 15) is 0 Å². The zero-order valence-electron chi connectivity index (χ0n) is 8.11. The molecule has 11 heavy (non-hydrogen) atoms. The Morgan fingerprint density at radius 3 is 2.27 bits per heavy atom. The number of hydrogen-bond donors (Lipinski definition) is 1. The normalized spacial score (nSPS) is 29.2. The van der Waals surface area contributed by atoms with Crippen molar-refractivity contribution in [3.63, 3.8) is 0 Å². The van der Waals surface area contributed by atoms with Crippen LogP contribution in [0.4, 0.5) is 0 Å². The zero-order chi connectivity index (χ0) is 8.32. The van der Waals surface area contributed by atoms with Gasteiger partial charge < -0.3 is 5.32 Å². The van der Waals surface area contributed by atoms with E-state index in [4.69, 9.17) is 0 Å². The van der Waals surface area contributed by atoms with Gasteiger partial charge in [-0.15, -0.1) is 0 Å². The molecule has 0 aromatic heterocycles. The van der Waals surface area contributed by atoms with E-state index in [1.807, 2.05) is 0 Å². The molecule has 1 N–H and O–H groups in total. The molecule has 0 spiro atoms. The SMILES string of the molecule is CCC1CCNC1(CC)CC. The fourth-order valence-electron chi connectivity index (χ4n) is 2.59. The third kappa shape index (κ3) is 1.44. The quantitative estimate of drug-likeness (QED) is 0.660. The topological polar surface area (TPSA) is 12.0 Å². The molecule has 66 valence electrons. The highest BCUT2D eigenvalue weighted by molar-refractivity contribution is 4.96. The Hall–Kier alpha value is -0.0400. The monoisotopic (exact) mass is 155 g/mol. The first-order valence-electron chi connectivity index (χ1n) is 5.04. The summed E-state index contributed by atoms with van der Waals surface area (Å²) in [6.45, 7) is 8.17. The van der Waals surface area contributed by atoms with Crippen LogP contribution in [0.15, 0.2) is 0 Å². The van der Waals surface area contributed by atoms with Crippen molar-refractivity contribution in [3.05, 3.63) is 0 Å². The largest absolute Gasteiger partial charge is 0.311 e. The highest BCUT2D eigenvalue weighted by Crippen LogP contribution is 2.34. The minimum atomic E-state index is 0.495. The molecule has 0 aliphatic carbocycles. The molecule has 0 aromatic carbocycles. The fourth-order valence-corrected chi connectivity index (χ4v) is 2.59. The average Bonchev–Trinajstić information content (AvgIpc) is 2.47. The Morgan fingerprint density at radius 2 is 1.91 bits per heavy atom. The Morgan fingerprint density at radius 1 is 1.27 bits per heavy atom. The second-order valence-corrected chi connectivity index (χ2v) is 3.68. The number of nitrogens with one attached hydrogen (secondary N) is 1. The minimum absolute atomic E-state index is 0.495. The third-order valence-electron chi connectivity index (χ3n) is 3.51. The lowest BCUT2D eigenvalue weighted by atomic mass is 9.80. The molecule has 1 unspecified atom stereocenters. The van der Waals surface area contributed by atoms with Crippen LogP contribution in [0.1, 0.15) is 46.5 Å². The van der Waals surface area contributed by atoms with E-state index in [-0.39, 0.29) is 0 Å². The summed E-state index contributed by atoms with van der Waals surface area (Å²) in [5, 5.41) is 3.67. The maximum Gasteiger partial charge on any atom is 0.0204 e. The van der Waals surface area contributed by atoms with Gasteiger partial charge in [-0.25, -0.2) is 0 Å². The van der Waals surface area contributed by atoms with Gasteiger partial charge in [0.1, 0.15) is 0 Å². The van der Waals surface area contributed by atoms with Crippen LogP contribution in [0.25, 0.3) is 0 Å². The van der Waals surface area contributed by atoms with Crippen LogP contribution >= 0.6 is 0 Å². The predicted molar refractivity (Wildman–Crippen MR) is 49.7 cm³/mol. The second-order valence-electron chi connectivity index (χ2n) is 3.68. The van der Waals surface area contributed by atoms with Crippen molar-refractivity contribution in [1.82, 2.24) is 5.32 Å². The van der Waals surface area contributed by atoms with E-state index in [0.717, 1.165) is 5.92 Å². The van der Waals surface area contributed by atoms with Crippen molar-refractivity contribution in [2.45, 2.75) is 52.0 Å². The summed E-state index contributed by atoms with van der Waals surface area (Å²) in [7, 11) is 0. The number of hydrogen-bond acceptors (Lipinski definition) is 1. The molecule has 0 radical (unpaired) electrons. The molecule has 1 aliphatic heterocycles. The Kier molecular flexibility index (Phi) is 2.94.